The molecule has 3 aromatic rings. The molecule has 0 unspecified atom stereocenters. The molecule has 0 aliphatic carbocycles. The first-order valence-electron chi connectivity index (χ1n) is 11.9. The number of hydrogen-bond acceptors (Lipinski definition) is 8. The van der Waals surface area contributed by atoms with Gasteiger partial charge in [-0.25, -0.2) is 23.2 Å². The molecule has 0 spiro atoms. The van der Waals surface area contributed by atoms with Crippen molar-refractivity contribution in [1.29, 1.82) is 0 Å². The number of hydrogen-bond donors (Lipinski definition) is 1. The van der Waals surface area contributed by atoms with Crippen LogP contribution in [0.25, 0.3) is 10.9 Å². The quantitative estimate of drug-likeness (QED) is 0.379. The summed E-state index contributed by atoms with van der Waals surface area (Å²) in [6.45, 7) is 6.08. The Hall–Kier alpha value is -2.31. The van der Waals surface area contributed by atoms with Gasteiger partial charge >= 0.3 is 5.97 Å². The van der Waals surface area contributed by atoms with Crippen molar-refractivity contribution in [3.8, 4) is 0 Å². The summed E-state index contributed by atoms with van der Waals surface area (Å²) in [6, 6.07) is 11.7. The van der Waals surface area contributed by atoms with E-state index in [-0.39, 0.29) is 16.8 Å². The highest BCUT2D eigenvalue weighted by Gasteiger charge is 2.30. The second kappa shape index (κ2) is 11.6. The first-order valence-corrected chi connectivity index (χ1v) is 14.5. The van der Waals surface area contributed by atoms with E-state index in [0.717, 1.165) is 10.9 Å². The summed E-state index contributed by atoms with van der Waals surface area (Å²) in [5.74, 6) is 0.788. The maximum absolute atomic E-state index is 13.1. The van der Waals surface area contributed by atoms with E-state index in [1.54, 1.807) is 6.07 Å². The monoisotopic (exact) mass is 609 g/mol. The van der Waals surface area contributed by atoms with Crippen LogP contribution >= 0.6 is 27.5 Å². The Kier molecular flexibility index (Phi) is 8.70. The average Bonchev–Trinajstić information content (AvgIpc) is 2.88. The number of ether oxygens (including phenoxy) is 1. The molecule has 2 aromatic carbocycles. The second-order valence-electron chi connectivity index (χ2n) is 9.15. The number of esters is 1. The lowest BCUT2D eigenvalue weighted by Crippen LogP contribution is -2.48. The lowest BCUT2D eigenvalue weighted by atomic mass is 10.0. The van der Waals surface area contributed by atoms with Gasteiger partial charge in [0.05, 0.1) is 29.1 Å². The number of nitrogens with one attached hydrogen (secondary N) is 1. The highest BCUT2D eigenvalue weighted by Crippen LogP contribution is 2.28. The fourth-order valence-corrected chi connectivity index (χ4v) is 6.29. The number of piperazine rings is 1. The Morgan fingerprint density at radius 1 is 1.14 bits per heavy atom. The number of carbonyl (C=O) groups is 1. The van der Waals surface area contributed by atoms with Gasteiger partial charge in [-0.2, -0.15) is 4.31 Å². The smallest absolute Gasteiger partial charge is 0.328 e. The number of aromatic nitrogens is 2. The molecule has 0 bridgehead atoms. The van der Waals surface area contributed by atoms with Crippen molar-refractivity contribution in [3.63, 3.8) is 0 Å². The number of sulfonamides is 1. The molecule has 12 heteroatoms. The van der Waals surface area contributed by atoms with Crippen molar-refractivity contribution in [2.24, 2.45) is 5.92 Å². The van der Waals surface area contributed by atoms with Crippen molar-refractivity contribution in [2.45, 2.75) is 31.3 Å². The lowest BCUT2D eigenvalue weighted by Gasteiger charge is -2.33. The lowest BCUT2D eigenvalue weighted by molar-refractivity contribution is -0.142. The highest BCUT2D eigenvalue weighted by atomic mass is 79.9. The summed E-state index contributed by atoms with van der Waals surface area (Å²) in [5, 5.41) is 4.53. The maximum atomic E-state index is 13.1. The molecule has 2 heterocycles. The fourth-order valence-electron chi connectivity index (χ4n) is 4.19. The third-order valence-electron chi connectivity index (χ3n) is 6.29. The summed E-state index contributed by atoms with van der Waals surface area (Å²) < 4.78 is 33.2. The van der Waals surface area contributed by atoms with E-state index in [9.17, 15) is 13.2 Å². The molecule has 4 rings (SSSR count). The van der Waals surface area contributed by atoms with Crippen LogP contribution in [0.1, 0.15) is 19.7 Å². The Labute approximate surface area is 230 Å². The van der Waals surface area contributed by atoms with Gasteiger partial charge in [-0.3, -0.25) is 4.90 Å². The molecule has 1 atom stereocenters. The van der Waals surface area contributed by atoms with E-state index < -0.39 is 16.1 Å². The van der Waals surface area contributed by atoms with Crippen LogP contribution in [0.15, 0.2) is 51.8 Å². The highest BCUT2D eigenvalue weighted by molar-refractivity contribution is 9.10. The van der Waals surface area contributed by atoms with Crippen molar-refractivity contribution in [2.75, 3.05) is 38.6 Å². The van der Waals surface area contributed by atoms with Crippen LogP contribution in [0.4, 0.5) is 5.82 Å². The first-order chi connectivity index (χ1) is 17.6. The zero-order valence-corrected chi connectivity index (χ0v) is 24.0. The second-order valence-corrected chi connectivity index (χ2v) is 12.4. The van der Waals surface area contributed by atoms with Crippen molar-refractivity contribution in [1.82, 2.24) is 19.2 Å². The van der Waals surface area contributed by atoms with Crippen molar-refractivity contribution >= 4 is 60.2 Å². The van der Waals surface area contributed by atoms with E-state index in [2.05, 4.69) is 26.1 Å². The summed E-state index contributed by atoms with van der Waals surface area (Å²) in [7, 11) is -2.26. The van der Waals surface area contributed by atoms with Gasteiger partial charge in [0.2, 0.25) is 10.0 Å². The van der Waals surface area contributed by atoms with E-state index in [1.807, 2.05) is 38.1 Å². The number of methoxy groups -OCH3 is 1. The van der Waals surface area contributed by atoms with Crippen molar-refractivity contribution in [3.05, 3.63) is 57.8 Å². The zero-order chi connectivity index (χ0) is 26.7. The van der Waals surface area contributed by atoms with E-state index >= 15 is 0 Å². The largest absolute Gasteiger partial charge is 0.467 e. The zero-order valence-electron chi connectivity index (χ0n) is 20.8. The maximum Gasteiger partial charge on any atom is 0.328 e. The Morgan fingerprint density at radius 3 is 2.49 bits per heavy atom. The summed E-state index contributed by atoms with van der Waals surface area (Å²) in [6.07, 6.45) is 0. The topological polar surface area (TPSA) is 105 Å². The van der Waals surface area contributed by atoms with Crippen LogP contribution in [-0.4, -0.2) is 72.9 Å². The van der Waals surface area contributed by atoms with Crippen LogP contribution in [0.5, 0.6) is 0 Å². The van der Waals surface area contributed by atoms with Crippen LogP contribution < -0.4 is 5.32 Å². The van der Waals surface area contributed by atoms with E-state index in [1.165, 1.54) is 23.5 Å². The minimum atomic E-state index is -3.63. The molecule has 1 saturated heterocycles. The molecule has 1 aliphatic rings. The summed E-state index contributed by atoms with van der Waals surface area (Å²) >= 11 is 9.32. The molecular weight excluding hydrogens is 582 g/mol. The molecule has 1 fully saturated rings. The van der Waals surface area contributed by atoms with Crippen LogP contribution in [0, 0.1) is 5.92 Å². The van der Waals surface area contributed by atoms with Crippen LogP contribution in [-0.2, 0) is 26.1 Å². The van der Waals surface area contributed by atoms with Gasteiger partial charge in [-0.1, -0.05) is 37.6 Å². The number of para-hydroxylation sites is 1. The number of carbonyl (C=O) groups excluding carboxylic acids is 1. The molecule has 9 nitrogen and oxygen atoms in total. The van der Waals surface area contributed by atoms with Crippen LogP contribution in [0.3, 0.4) is 0 Å². The van der Waals surface area contributed by atoms with Gasteiger partial charge in [0.25, 0.3) is 0 Å². The molecule has 1 aliphatic heterocycles. The number of halogens is 2. The summed E-state index contributed by atoms with van der Waals surface area (Å²) in [4.78, 5) is 24.1. The number of fused-ring (bicyclic) bond motifs is 1. The minimum Gasteiger partial charge on any atom is -0.467 e. The van der Waals surface area contributed by atoms with Gasteiger partial charge in [-0.15, -0.1) is 0 Å². The Bertz CT molecular complexity index is 1400. The first kappa shape index (κ1) is 27.7. The molecule has 198 valence electrons. The molecule has 0 amide bonds. The average molecular weight is 611 g/mol. The Balaban J connectivity index is 1.50. The van der Waals surface area contributed by atoms with E-state index in [0.29, 0.717) is 53.9 Å². The molecule has 1 aromatic heterocycles. The van der Waals surface area contributed by atoms with Crippen molar-refractivity contribution < 1.29 is 17.9 Å². The number of anilines is 1. The SMILES string of the molecule is COC(=O)[C@@H](Nc1nc(CN2CCN(S(=O)(=O)c3ccc(Cl)c(Br)c3)CC2)nc2ccccc12)C(C)C. The predicted octanol–water partition coefficient (Wildman–Crippen LogP) is 4.16. The van der Waals surface area contributed by atoms with Gasteiger partial charge < -0.3 is 10.1 Å². The fraction of sp³-hybridized carbons (Fsp3) is 0.400. The number of benzene rings is 2. The molecule has 0 radical (unpaired) electrons. The third-order valence-corrected chi connectivity index (χ3v) is 9.40. The minimum absolute atomic E-state index is 0.0130. The molecular formula is C25H29BrClN5O4S. The van der Waals surface area contributed by atoms with E-state index in [4.69, 9.17) is 26.3 Å². The summed E-state index contributed by atoms with van der Waals surface area (Å²) in [5.41, 5.74) is 0.761. The molecule has 1 N–H and O–H groups in total. The molecule has 0 saturated carbocycles. The number of nitrogens with zero attached hydrogens (tertiary/aromatic N) is 4. The van der Waals surface area contributed by atoms with Crippen LogP contribution in [0.2, 0.25) is 5.02 Å². The third kappa shape index (κ3) is 6.23. The Morgan fingerprint density at radius 2 is 1.84 bits per heavy atom. The van der Waals surface area contributed by atoms with Gasteiger partial charge in [-0.05, 0) is 52.2 Å². The van der Waals surface area contributed by atoms with Gasteiger partial charge in [0.1, 0.15) is 17.7 Å². The molecule has 37 heavy (non-hydrogen) atoms. The van der Waals surface area contributed by atoms with Gasteiger partial charge in [0.15, 0.2) is 0 Å². The normalized spacial score (nSPS) is 16.2. The van der Waals surface area contributed by atoms with Gasteiger partial charge in [0, 0.05) is 36.0 Å². The standard InChI is InChI=1S/C25H29BrClN5O4S/c1-16(2)23(25(33)36-3)30-24-18-6-4-5-7-21(18)28-22(29-24)15-31-10-12-32(13-11-31)37(34,35)17-8-9-20(27)19(26)14-17/h4-9,14,16,23H,10-13,15H2,1-3H3,(H,28,29,30)/t23-/m0/s1. The number of rotatable bonds is 8. The predicted molar refractivity (Wildman–Crippen MR) is 147 cm³/mol.